The van der Waals surface area contributed by atoms with E-state index in [0.717, 1.165) is 5.56 Å². The van der Waals surface area contributed by atoms with Gasteiger partial charge in [-0.2, -0.15) is 16.4 Å². The summed E-state index contributed by atoms with van der Waals surface area (Å²) >= 11 is 1.51. The minimum absolute atomic E-state index is 0.128. The van der Waals surface area contributed by atoms with Crippen LogP contribution in [-0.4, -0.2) is 21.8 Å². The van der Waals surface area contributed by atoms with Crippen molar-refractivity contribution in [3.8, 4) is 11.3 Å². The molecule has 0 aliphatic carbocycles. The van der Waals surface area contributed by atoms with Crippen molar-refractivity contribution in [3.63, 3.8) is 0 Å². The molecule has 3 aromatic rings. The van der Waals surface area contributed by atoms with Gasteiger partial charge in [-0.25, -0.2) is 8.78 Å². The Labute approximate surface area is 142 Å². The molecule has 2 heterocycles. The number of aliphatic hydroxyl groups is 1. The molecule has 0 fully saturated rings. The maximum atomic E-state index is 13.9. The van der Waals surface area contributed by atoms with Gasteiger partial charge in [-0.05, 0) is 41.4 Å². The Hall–Kier alpha value is -2.09. The van der Waals surface area contributed by atoms with Crippen molar-refractivity contribution in [2.24, 2.45) is 0 Å². The zero-order valence-corrected chi connectivity index (χ0v) is 13.8. The summed E-state index contributed by atoms with van der Waals surface area (Å²) < 4.78 is 27.9. The van der Waals surface area contributed by atoms with Crippen LogP contribution in [0.15, 0.2) is 41.2 Å². The first-order valence-corrected chi connectivity index (χ1v) is 8.36. The van der Waals surface area contributed by atoms with Crippen LogP contribution in [0.1, 0.15) is 18.1 Å². The van der Waals surface area contributed by atoms with Crippen molar-refractivity contribution in [3.05, 3.63) is 64.0 Å². The molecule has 0 bridgehead atoms. The smallest absolute Gasteiger partial charge is 0.135 e. The third-order valence-electron chi connectivity index (χ3n) is 3.86. The third-order valence-corrected chi connectivity index (χ3v) is 4.54. The van der Waals surface area contributed by atoms with Crippen molar-refractivity contribution in [1.82, 2.24) is 15.5 Å². The molecule has 126 valence electrons. The van der Waals surface area contributed by atoms with E-state index < -0.39 is 17.2 Å². The van der Waals surface area contributed by atoms with Crippen LogP contribution in [0.2, 0.25) is 0 Å². The van der Waals surface area contributed by atoms with E-state index in [1.54, 1.807) is 6.92 Å². The van der Waals surface area contributed by atoms with Crippen molar-refractivity contribution < 1.29 is 13.9 Å². The highest BCUT2D eigenvalue weighted by Gasteiger charge is 2.23. The normalized spacial score (nSPS) is 13.8. The average Bonchev–Trinajstić information content (AvgIpc) is 3.19. The number of benzene rings is 1. The standard InChI is InChI=1S/C17H17F2N3OS/c1-17(23,12-5-6-24-9-12)10-20-7-11-8-21-22-16(11)15-13(18)3-2-4-14(15)19/h2-6,8-9,20,23H,7,10H2,1H3,(H,21,22). The van der Waals surface area contributed by atoms with Gasteiger partial charge in [0.05, 0.1) is 23.1 Å². The highest BCUT2D eigenvalue weighted by atomic mass is 32.1. The van der Waals surface area contributed by atoms with Crippen LogP contribution in [-0.2, 0) is 12.1 Å². The Bertz CT molecular complexity index is 795. The zero-order chi connectivity index (χ0) is 17.2. The van der Waals surface area contributed by atoms with Gasteiger partial charge in [-0.3, -0.25) is 5.10 Å². The highest BCUT2D eigenvalue weighted by Crippen LogP contribution is 2.27. The number of rotatable bonds is 6. The quantitative estimate of drug-likeness (QED) is 0.639. The summed E-state index contributed by atoms with van der Waals surface area (Å²) in [5, 5.41) is 23.9. The largest absolute Gasteiger partial charge is 0.384 e. The molecule has 1 atom stereocenters. The van der Waals surface area contributed by atoms with Crippen molar-refractivity contribution in [1.29, 1.82) is 0 Å². The molecule has 0 amide bonds. The van der Waals surface area contributed by atoms with E-state index >= 15 is 0 Å². The number of aromatic nitrogens is 2. The number of hydrogen-bond acceptors (Lipinski definition) is 4. The summed E-state index contributed by atoms with van der Waals surface area (Å²) in [7, 11) is 0. The lowest BCUT2D eigenvalue weighted by Gasteiger charge is -2.23. The van der Waals surface area contributed by atoms with E-state index in [2.05, 4.69) is 15.5 Å². The van der Waals surface area contributed by atoms with Gasteiger partial charge in [0, 0.05) is 18.7 Å². The number of nitrogens with zero attached hydrogens (tertiary/aromatic N) is 1. The fourth-order valence-electron chi connectivity index (χ4n) is 2.51. The van der Waals surface area contributed by atoms with E-state index in [0.29, 0.717) is 24.3 Å². The van der Waals surface area contributed by atoms with Gasteiger partial charge in [-0.1, -0.05) is 6.07 Å². The van der Waals surface area contributed by atoms with Gasteiger partial charge in [0.1, 0.15) is 11.6 Å². The van der Waals surface area contributed by atoms with Gasteiger partial charge >= 0.3 is 0 Å². The Kier molecular flexibility index (Phi) is 4.75. The highest BCUT2D eigenvalue weighted by molar-refractivity contribution is 7.08. The second-order valence-corrected chi connectivity index (χ2v) is 6.54. The number of halogens is 2. The monoisotopic (exact) mass is 349 g/mol. The fraction of sp³-hybridized carbons (Fsp3) is 0.235. The number of thiophene rings is 1. The second-order valence-electron chi connectivity index (χ2n) is 5.76. The average molecular weight is 349 g/mol. The van der Waals surface area contributed by atoms with Gasteiger partial charge < -0.3 is 10.4 Å². The molecule has 1 unspecified atom stereocenters. The first-order chi connectivity index (χ1) is 11.5. The van der Waals surface area contributed by atoms with Crippen LogP contribution < -0.4 is 5.32 Å². The summed E-state index contributed by atoms with van der Waals surface area (Å²) in [5.41, 5.74) is 0.602. The van der Waals surface area contributed by atoms with Crippen LogP contribution in [0.4, 0.5) is 8.78 Å². The molecule has 4 nitrogen and oxygen atoms in total. The number of hydrogen-bond donors (Lipinski definition) is 3. The Morgan fingerprint density at radius 1 is 1.29 bits per heavy atom. The van der Waals surface area contributed by atoms with E-state index in [4.69, 9.17) is 0 Å². The molecule has 24 heavy (non-hydrogen) atoms. The summed E-state index contributed by atoms with van der Waals surface area (Å²) in [6.45, 7) is 2.34. The summed E-state index contributed by atoms with van der Waals surface area (Å²) in [6.07, 6.45) is 1.52. The molecule has 2 aromatic heterocycles. The van der Waals surface area contributed by atoms with E-state index in [1.807, 2.05) is 16.8 Å². The first kappa shape index (κ1) is 16.8. The van der Waals surface area contributed by atoms with Gasteiger partial charge in [0.25, 0.3) is 0 Å². The van der Waals surface area contributed by atoms with Crippen molar-refractivity contribution in [2.45, 2.75) is 19.1 Å². The van der Waals surface area contributed by atoms with E-state index in [9.17, 15) is 13.9 Å². The lowest BCUT2D eigenvalue weighted by Crippen LogP contribution is -2.34. The maximum absolute atomic E-state index is 13.9. The Morgan fingerprint density at radius 3 is 2.71 bits per heavy atom. The lowest BCUT2D eigenvalue weighted by atomic mass is 9.99. The van der Waals surface area contributed by atoms with E-state index in [1.165, 1.54) is 35.7 Å². The Balaban J connectivity index is 1.73. The molecule has 3 N–H and O–H groups in total. The molecule has 0 radical (unpaired) electrons. The predicted molar refractivity (Wildman–Crippen MR) is 89.5 cm³/mol. The molecular weight excluding hydrogens is 332 g/mol. The maximum Gasteiger partial charge on any atom is 0.135 e. The molecule has 0 spiro atoms. The molecule has 0 aliphatic heterocycles. The van der Waals surface area contributed by atoms with Crippen LogP contribution >= 0.6 is 11.3 Å². The minimum Gasteiger partial charge on any atom is -0.384 e. The summed E-state index contributed by atoms with van der Waals surface area (Å²) in [5.74, 6) is -1.29. The molecule has 3 rings (SSSR count). The van der Waals surface area contributed by atoms with Crippen molar-refractivity contribution >= 4 is 11.3 Å². The molecule has 7 heteroatoms. The molecule has 0 aliphatic rings. The van der Waals surface area contributed by atoms with Crippen LogP contribution in [0.3, 0.4) is 0 Å². The SMILES string of the molecule is CC(O)(CNCc1cn[nH]c1-c1c(F)cccc1F)c1ccsc1. The Morgan fingerprint density at radius 2 is 2.04 bits per heavy atom. The summed E-state index contributed by atoms with van der Waals surface area (Å²) in [6, 6.07) is 5.60. The van der Waals surface area contributed by atoms with E-state index in [-0.39, 0.29) is 5.56 Å². The lowest BCUT2D eigenvalue weighted by molar-refractivity contribution is 0.0571. The zero-order valence-electron chi connectivity index (χ0n) is 13.0. The summed E-state index contributed by atoms with van der Waals surface area (Å²) in [4.78, 5) is 0. The number of nitrogens with one attached hydrogen (secondary N) is 2. The predicted octanol–water partition coefficient (Wildman–Crippen LogP) is 3.41. The number of aromatic amines is 1. The van der Waals surface area contributed by atoms with Crippen molar-refractivity contribution in [2.75, 3.05) is 6.54 Å². The molecule has 0 saturated carbocycles. The van der Waals surface area contributed by atoms with Gasteiger partial charge in [0.2, 0.25) is 0 Å². The van der Waals surface area contributed by atoms with Crippen LogP contribution in [0.5, 0.6) is 0 Å². The molecule has 0 saturated heterocycles. The topological polar surface area (TPSA) is 60.9 Å². The third kappa shape index (κ3) is 3.38. The number of H-pyrrole nitrogens is 1. The van der Waals surface area contributed by atoms with Crippen LogP contribution in [0, 0.1) is 11.6 Å². The van der Waals surface area contributed by atoms with Gasteiger partial charge in [-0.15, -0.1) is 0 Å². The minimum atomic E-state index is -1.02. The first-order valence-electron chi connectivity index (χ1n) is 7.41. The van der Waals surface area contributed by atoms with Gasteiger partial charge in [0.15, 0.2) is 0 Å². The second kappa shape index (κ2) is 6.80. The fourth-order valence-corrected chi connectivity index (χ4v) is 3.29. The molecular formula is C17H17F2N3OS. The van der Waals surface area contributed by atoms with Crippen LogP contribution in [0.25, 0.3) is 11.3 Å². The molecule has 1 aromatic carbocycles.